The summed E-state index contributed by atoms with van der Waals surface area (Å²) in [6.07, 6.45) is -0.122. The number of nitrogens with two attached hydrogens (primary N) is 1. The molecule has 6 nitrogen and oxygen atoms in total. The van der Waals surface area contributed by atoms with E-state index in [9.17, 15) is 4.79 Å². The Kier molecular flexibility index (Phi) is 1.86. The second-order valence-corrected chi connectivity index (χ2v) is 1.62. The molecule has 58 valence electrons. The van der Waals surface area contributed by atoms with Gasteiger partial charge >= 0.3 is 6.16 Å². The molecule has 3 N–H and O–H groups in total. The Morgan fingerprint density at radius 1 is 1.73 bits per heavy atom. The van der Waals surface area contributed by atoms with Gasteiger partial charge in [-0.05, 0) is 0 Å². The largest absolute Gasteiger partial charge is 0.512 e. The molecule has 0 aliphatic carbocycles. The van der Waals surface area contributed by atoms with Crippen LogP contribution in [0.2, 0.25) is 0 Å². The van der Waals surface area contributed by atoms with E-state index in [1.54, 1.807) is 0 Å². The molecule has 6 heteroatoms. The number of rotatable bonds is 1. The molecule has 0 aliphatic heterocycles. The molecule has 0 fully saturated rings. The fraction of sp³-hybridized carbons (Fsp3) is 0. The maximum absolute atomic E-state index is 9.96. The van der Waals surface area contributed by atoms with Gasteiger partial charge in [0.25, 0.3) is 0 Å². The van der Waals surface area contributed by atoms with Crippen molar-refractivity contribution in [1.29, 1.82) is 0 Å². The van der Waals surface area contributed by atoms with E-state index in [4.69, 9.17) is 10.8 Å². The van der Waals surface area contributed by atoms with Crippen LogP contribution >= 0.6 is 0 Å². The van der Waals surface area contributed by atoms with Crippen LogP contribution in [0.15, 0.2) is 12.3 Å². The first-order chi connectivity index (χ1) is 5.18. The number of anilines is 1. The average Bonchev–Trinajstić information content (AvgIpc) is 1.85. The molecule has 0 unspecified atom stereocenters. The Morgan fingerprint density at radius 3 is 3.00 bits per heavy atom. The van der Waals surface area contributed by atoms with Gasteiger partial charge in [0.05, 0.1) is 0 Å². The van der Waals surface area contributed by atoms with Gasteiger partial charge in [0.15, 0.2) is 0 Å². The molecule has 0 saturated heterocycles. The van der Waals surface area contributed by atoms with Gasteiger partial charge in [-0.15, -0.1) is 0 Å². The van der Waals surface area contributed by atoms with Crippen molar-refractivity contribution >= 4 is 12.1 Å². The zero-order valence-corrected chi connectivity index (χ0v) is 5.39. The monoisotopic (exact) mass is 155 g/mol. The number of nitrogens with zero attached hydrogens (tertiary/aromatic N) is 2. The van der Waals surface area contributed by atoms with E-state index < -0.39 is 6.16 Å². The molecular weight excluding hydrogens is 150 g/mol. The molecule has 11 heavy (non-hydrogen) atoms. The summed E-state index contributed by atoms with van der Waals surface area (Å²) in [5.74, 6) is -0.103. The lowest BCUT2D eigenvalue weighted by Gasteiger charge is -1.96. The molecule has 0 aromatic carbocycles. The molecule has 0 bridgehead atoms. The van der Waals surface area contributed by atoms with Crippen molar-refractivity contribution in [3.63, 3.8) is 0 Å². The van der Waals surface area contributed by atoms with E-state index in [1.807, 2.05) is 0 Å². The summed E-state index contributed by atoms with van der Waals surface area (Å²) in [5.41, 5.74) is 5.14. The van der Waals surface area contributed by atoms with Crippen molar-refractivity contribution in [2.75, 3.05) is 5.73 Å². The molecular formula is C5H5N3O3. The third kappa shape index (κ3) is 2.09. The first kappa shape index (κ1) is 7.26. The highest BCUT2D eigenvalue weighted by atomic mass is 16.7. The van der Waals surface area contributed by atoms with Crippen LogP contribution in [0.5, 0.6) is 5.88 Å². The Hall–Kier alpha value is -1.85. The highest BCUT2D eigenvalue weighted by Gasteiger charge is 2.01. The molecule has 0 atom stereocenters. The molecule has 1 rings (SSSR count). The predicted molar refractivity (Wildman–Crippen MR) is 35.1 cm³/mol. The van der Waals surface area contributed by atoms with Crippen molar-refractivity contribution in [3.8, 4) is 5.88 Å². The van der Waals surface area contributed by atoms with E-state index in [0.717, 1.165) is 0 Å². The number of ether oxygens (including phenoxy) is 1. The number of carbonyl (C=O) groups is 1. The third-order valence-electron chi connectivity index (χ3n) is 0.841. The van der Waals surface area contributed by atoms with Crippen molar-refractivity contribution < 1.29 is 14.6 Å². The fourth-order valence-corrected chi connectivity index (χ4v) is 0.503. The summed E-state index contributed by atoms with van der Waals surface area (Å²) in [6, 6.07) is 1.30. The molecule has 0 saturated carbocycles. The van der Waals surface area contributed by atoms with E-state index in [0.29, 0.717) is 0 Å². The van der Waals surface area contributed by atoms with Crippen LogP contribution in [0.4, 0.5) is 10.7 Å². The molecule has 1 aromatic rings. The molecule has 0 spiro atoms. The Morgan fingerprint density at radius 2 is 2.45 bits per heavy atom. The molecule has 0 radical (unpaired) electrons. The van der Waals surface area contributed by atoms with Crippen LogP contribution in [0, 0.1) is 0 Å². The maximum Gasteiger partial charge on any atom is 0.512 e. The van der Waals surface area contributed by atoms with Gasteiger partial charge in [-0.25, -0.2) is 9.78 Å². The molecule has 1 aromatic heterocycles. The summed E-state index contributed by atoms with van der Waals surface area (Å²) >= 11 is 0. The third-order valence-corrected chi connectivity index (χ3v) is 0.841. The highest BCUT2D eigenvalue weighted by molar-refractivity contribution is 5.60. The van der Waals surface area contributed by atoms with Gasteiger partial charge in [0.1, 0.15) is 0 Å². The van der Waals surface area contributed by atoms with Gasteiger partial charge in [-0.2, -0.15) is 4.98 Å². The Labute approximate surface area is 61.6 Å². The van der Waals surface area contributed by atoms with Crippen molar-refractivity contribution in [2.24, 2.45) is 0 Å². The topological polar surface area (TPSA) is 98.3 Å². The van der Waals surface area contributed by atoms with Crippen molar-refractivity contribution in [3.05, 3.63) is 12.3 Å². The number of hydrogen-bond donors (Lipinski definition) is 2. The highest BCUT2D eigenvalue weighted by Crippen LogP contribution is 2.05. The minimum Gasteiger partial charge on any atom is -0.449 e. The number of hydrogen-bond acceptors (Lipinski definition) is 5. The van der Waals surface area contributed by atoms with Crippen LogP contribution in [0.25, 0.3) is 0 Å². The van der Waals surface area contributed by atoms with Crippen LogP contribution in [0.1, 0.15) is 0 Å². The summed E-state index contributed by atoms with van der Waals surface area (Å²) in [5, 5.41) is 8.13. The van der Waals surface area contributed by atoms with Gasteiger partial charge in [0, 0.05) is 12.3 Å². The summed E-state index contributed by atoms with van der Waals surface area (Å²) in [6.45, 7) is 0. The van der Waals surface area contributed by atoms with Gasteiger partial charge in [-0.3, -0.25) is 0 Å². The van der Waals surface area contributed by atoms with Crippen molar-refractivity contribution in [2.45, 2.75) is 0 Å². The van der Waals surface area contributed by atoms with E-state index >= 15 is 0 Å². The summed E-state index contributed by atoms with van der Waals surface area (Å²) in [4.78, 5) is 17.0. The molecule has 1 heterocycles. The second-order valence-electron chi connectivity index (χ2n) is 1.62. The van der Waals surface area contributed by atoms with E-state index in [-0.39, 0.29) is 11.8 Å². The zero-order chi connectivity index (χ0) is 8.27. The van der Waals surface area contributed by atoms with Crippen LogP contribution in [-0.2, 0) is 0 Å². The van der Waals surface area contributed by atoms with Gasteiger partial charge in [-0.1, -0.05) is 0 Å². The Bertz CT molecular complexity index is 275. The van der Waals surface area contributed by atoms with Crippen molar-refractivity contribution in [1.82, 2.24) is 9.97 Å². The first-order valence-corrected chi connectivity index (χ1v) is 2.68. The minimum atomic E-state index is -1.43. The summed E-state index contributed by atoms with van der Waals surface area (Å²) < 4.78 is 4.18. The normalized spacial score (nSPS) is 9.09. The maximum atomic E-state index is 9.96. The van der Waals surface area contributed by atoms with Crippen LogP contribution in [-0.4, -0.2) is 21.2 Å². The lowest BCUT2D eigenvalue weighted by atomic mass is 10.6. The summed E-state index contributed by atoms with van der Waals surface area (Å²) in [7, 11) is 0. The smallest absolute Gasteiger partial charge is 0.449 e. The van der Waals surface area contributed by atoms with E-state index in [1.165, 1.54) is 12.3 Å². The van der Waals surface area contributed by atoms with Crippen LogP contribution in [0.3, 0.4) is 0 Å². The first-order valence-electron chi connectivity index (χ1n) is 2.68. The Balaban J connectivity index is 2.79. The zero-order valence-electron chi connectivity index (χ0n) is 5.39. The van der Waals surface area contributed by atoms with Crippen LogP contribution < -0.4 is 10.5 Å². The molecule has 0 aliphatic rings. The minimum absolute atomic E-state index is 0.0243. The van der Waals surface area contributed by atoms with Gasteiger partial charge in [0.2, 0.25) is 11.8 Å². The average molecular weight is 155 g/mol. The predicted octanol–water partition coefficient (Wildman–Crippen LogP) is 0.116. The number of aromatic nitrogens is 2. The number of nitrogen functional groups attached to an aromatic ring is 1. The van der Waals surface area contributed by atoms with Gasteiger partial charge < -0.3 is 15.6 Å². The lowest BCUT2D eigenvalue weighted by molar-refractivity contribution is 0.142. The lowest BCUT2D eigenvalue weighted by Crippen LogP contribution is -2.05. The molecule has 0 amide bonds. The standard InChI is InChI=1S/C5H5N3O3/c6-4-7-2-1-3(8-4)11-5(9)10/h1-2H,(H,9,10)(H2,6,7,8). The van der Waals surface area contributed by atoms with E-state index in [2.05, 4.69) is 14.7 Å². The fourth-order valence-electron chi connectivity index (χ4n) is 0.503. The quantitative estimate of drug-likeness (QED) is 0.558. The second kappa shape index (κ2) is 2.82. The SMILES string of the molecule is Nc1nccc(OC(=O)O)n1. The number of carboxylic acid groups (broad SMARTS) is 1.